The molecule has 0 amide bonds. The second kappa shape index (κ2) is 10.7. The number of benzene rings is 3. The normalized spacial score (nSPS) is 13.3. The molecule has 0 aliphatic rings. The highest BCUT2D eigenvalue weighted by Crippen LogP contribution is 2.43. The maximum absolute atomic E-state index is 12.3. The van der Waals surface area contributed by atoms with Gasteiger partial charge in [0.1, 0.15) is 22.1 Å². The Kier molecular flexibility index (Phi) is 8.34. The van der Waals surface area contributed by atoms with E-state index in [2.05, 4.69) is 14.4 Å². The van der Waals surface area contributed by atoms with E-state index in [0.29, 0.717) is 0 Å². The van der Waals surface area contributed by atoms with Gasteiger partial charge in [0, 0.05) is 5.56 Å². The minimum absolute atomic E-state index is 0.0454. The molecule has 0 atom stereocenters. The Morgan fingerprint density at radius 2 is 1.46 bits per heavy atom. The molecule has 0 saturated carbocycles. The quantitative estimate of drug-likeness (QED) is 0.122. The van der Waals surface area contributed by atoms with E-state index in [0.717, 1.165) is 18.2 Å². The summed E-state index contributed by atoms with van der Waals surface area (Å²) in [5.41, 5.74) is 4.80. The summed E-state index contributed by atoms with van der Waals surface area (Å²) in [5.74, 6) is -3.11. The van der Waals surface area contributed by atoms with E-state index in [4.69, 9.17) is 10.3 Å². The third-order valence-corrected chi connectivity index (χ3v) is 8.73. The fourth-order valence-corrected chi connectivity index (χ4v) is 6.34. The topological polar surface area (TPSA) is 277 Å². The van der Waals surface area contributed by atoms with Crippen LogP contribution in [0.4, 0.5) is 17.1 Å². The van der Waals surface area contributed by atoms with Crippen LogP contribution in [0.3, 0.4) is 0 Å². The molecule has 20 heteroatoms. The Labute approximate surface area is 222 Å². The third-order valence-electron chi connectivity index (χ3n) is 5.00. The average Bonchev–Trinajstić information content (AvgIpc) is 2.78. The first-order chi connectivity index (χ1) is 17.8. The highest BCUT2D eigenvalue weighted by molar-refractivity contribution is 7.91. The first-order valence-corrected chi connectivity index (χ1v) is 16.2. The molecule has 0 bridgehead atoms. The van der Waals surface area contributed by atoms with Gasteiger partial charge in [0.25, 0.3) is 20.2 Å². The molecule has 0 aliphatic heterocycles. The van der Waals surface area contributed by atoms with Crippen LogP contribution in [0.25, 0.3) is 10.8 Å². The number of hydrogen-bond donors (Lipinski definition) is 5. The molecular weight excluding hydrogens is 606 g/mol. The Morgan fingerprint density at radius 1 is 0.846 bits per heavy atom. The van der Waals surface area contributed by atoms with Crippen molar-refractivity contribution in [2.24, 2.45) is 10.2 Å². The van der Waals surface area contributed by atoms with Crippen LogP contribution in [0.2, 0.25) is 0 Å². The largest absolute Gasteiger partial charge is 0.507 e. The predicted molar refractivity (Wildman–Crippen MR) is 135 cm³/mol. The molecule has 0 heterocycles. The second-order valence-electron chi connectivity index (χ2n) is 7.77. The van der Waals surface area contributed by atoms with Crippen LogP contribution < -0.4 is 5.73 Å². The lowest BCUT2D eigenvalue weighted by molar-refractivity contribution is 0.284. The maximum Gasteiger partial charge on any atom is 0.397 e. The summed E-state index contributed by atoms with van der Waals surface area (Å²) in [4.78, 5) is -1.22. The second-order valence-corrected chi connectivity index (χ2v) is 13.8. The van der Waals surface area contributed by atoms with Crippen molar-refractivity contribution in [1.82, 2.24) is 0 Å². The summed E-state index contributed by atoms with van der Waals surface area (Å²) in [6.45, 7) is -0.828. The number of phenols is 1. The van der Waals surface area contributed by atoms with Crippen molar-refractivity contribution in [3.05, 3.63) is 48.0 Å². The fourth-order valence-electron chi connectivity index (χ4n) is 3.34. The van der Waals surface area contributed by atoms with Crippen LogP contribution in [0, 0.1) is 0 Å². The average molecular weight is 626 g/mol. The number of azo groups is 1. The van der Waals surface area contributed by atoms with E-state index in [1.54, 1.807) is 0 Å². The molecule has 0 fully saturated rings. The van der Waals surface area contributed by atoms with Gasteiger partial charge in [-0.15, -0.1) is 5.11 Å². The van der Waals surface area contributed by atoms with Crippen molar-refractivity contribution in [2.75, 3.05) is 18.1 Å². The molecule has 39 heavy (non-hydrogen) atoms. The Morgan fingerprint density at radius 3 is 2.00 bits per heavy atom. The monoisotopic (exact) mass is 625 g/mol. The van der Waals surface area contributed by atoms with Crippen LogP contribution in [-0.4, -0.2) is 64.8 Å². The van der Waals surface area contributed by atoms with E-state index in [9.17, 15) is 47.9 Å². The van der Waals surface area contributed by atoms with E-state index in [1.807, 2.05) is 0 Å². The van der Waals surface area contributed by atoms with Gasteiger partial charge in [0.2, 0.25) is 0 Å². The molecule has 0 aliphatic carbocycles. The smallest absolute Gasteiger partial charge is 0.397 e. The highest BCUT2D eigenvalue weighted by Gasteiger charge is 2.26. The zero-order valence-electron chi connectivity index (χ0n) is 19.2. The molecule has 0 radical (unpaired) electrons. The van der Waals surface area contributed by atoms with Gasteiger partial charge >= 0.3 is 10.4 Å². The Hall–Kier alpha value is -3.24. The van der Waals surface area contributed by atoms with Gasteiger partial charge in [-0.2, -0.15) is 30.4 Å². The van der Waals surface area contributed by atoms with Crippen molar-refractivity contribution in [2.45, 2.75) is 15.5 Å². The number of hydrogen-bond acceptors (Lipinski definition) is 13. The standard InChI is InChI=1S/C19H19N3O13S4/c20-15-6-1-11-9-16(38(29,30)31)14(10-37(26,27)28)19(23)17(11)18(15)22-21-12-2-4-13(5-3-12)36(24,25)8-7-35-39(32,33)34/h1-6,9,23H,7-8,10,20H2,(H,26,27,28)(H,29,30,31)(H,32,33,34). The lowest BCUT2D eigenvalue weighted by atomic mass is 10.0. The molecule has 6 N–H and O–H groups in total. The number of anilines is 1. The van der Waals surface area contributed by atoms with Crippen LogP contribution >= 0.6 is 0 Å². The van der Waals surface area contributed by atoms with E-state index in [-0.39, 0.29) is 32.7 Å². The molecule has 3 aromatic rings. The van der Waals surface area contributed by atoms with Gasteiger partial charge in [-0.1, -0.05) is 6.07 Å². The molecule has 3 aromatic carbocycles. The lowest BCUT2D eigenvalue weighted by Gasteiger charge is -2.14. The van der Waals surface area contributed by atoms with E-state index in [1.165, 1.54) is 24.3 Å². The molecule has 212 valence electrons. The molecular formula is C19H19N3O13S4. The minimum Gasteiger partial charge on any atom is -0.507 e. The summed E-state index contributed by atoms with van der Waals surface area (Å²) in [6.07, 6.45) is 0. The third kappa shape index (κ3) is 7.67. The molecule has 3 rings (SSSR count). The highest BCUT2D eigenvalue weighted by atomic mass is 32.3. The number of aromatic hydroxyl groups is 1. The van der Waals surface area contributed by atoms with Crippen LogP contribution in [0.1, 0.15) is 5.56 Å². The zero-order chi connectivity index (χ0) is 29.4. The number of sulfone groups is 1. The van der Waals surface area contributed by atoms with Crippen molar-refractivity contribution in [3.63, 3.8) is 0 Å². The summed E-state index contributed by atoms with van der Waals surface area (Å²) in [5, 5.41) is 18.3. The molecule has 0 unspecified atom stereocenters. The van der Waals surface area contributed by atoms with Gasteiger partial charge in [-0.25, -0.2) is 12.6 Å². The van der Waals surface area contributed by atoms with E-state index < -0.39 is 74.8 Å². The fraction of sp³-hybridized carbons (Fsp3) is 0.158. The lowest BCUT2D eigenvalue weighted by Crippen LogP contribution is -2.15. The Bertz CT molecular complexity index is 1900. The van der Waals surface area contributed by atoms with Gasteiger partial charge in [-0.3, -0.25) is 13.7 Å². The Balaban J connectivity index is 2.04. The summed E-state index contributed by atoms with van der Waals surface area (Å²) < 4.78 is 124. The van der Waals surface area contributed by atoms with Crippen molar-refractivity contribution in [1.29, 1.82) is 0 Å². The van der Waals surface area contributed by atoms with Crippen molar-refractivity contribution < 1.29 is 56.6 Å². The number of rotatable bonds is 10. The number of nitrogens with zero attached hydrogens (tertiary/aromatic N) is 2. The van der Waals surface area contributed by atoms with Crippen LogP contribution in [0.5, 0.6) is 5.75 Å². The van der Waals surface area contributed by atoms with E-state index >= 15 is 0 Å². The molecule has 0 spiro atoms. The summed E-state index contributed by atoms with van der Waals surface area (Å²) in [6, 6.07) is 8.00. The van der Waals surface area contributed by atoms with Crippen LogP contribution in [-0.2, 0) is 50.4 Å². The van der Waals surface area contributed by atoms with Crippen molar-refractivity contribution in [3.8, 4) is 5.75 Å². The van der Waals surface area contributed by atoms with Gasteiger partial charge < -0.3 is 10.8 Å². The molecule has 16 nitrogen and oxygen atoms in total. The number of phenolic OH excluding ortho intramolecular Hbond substituents is 1. The molecule has 0 aromatic heterocycles. The summed E-state index contributed by atoms with van der Waals surface area (Å²) in [7, 11) is -18.8. The summed E-state index contributed by atoms with van der Waals surface area (Å²) >= 11 is 0. The number of nitrogen functional groups attached to an aromatic ring is 1. The number of fused-ring (bicyclic) bond motifs is 1. The zero-order valence-corrected chi connectivity index (χ0v) is 22.5. The predicted octanol–water partition coefficient (Wildman–Crippen LogP) is 1.77. The van der Waals surface area contributed by atoms with Gasteiger partial charge in [0.15, 0.2) is 9.84 Å². The number of nitrogens with two attached hydrogens (primary N) is 1. The SMILES string of the molecule is Nc1ccc2cc(S(=O)(=O)O)c(CS(=O)(=O)O)c(O)c2c1N=Nc1ccc(S(=O)(=O)CCOS(=O)(=O)O)cc1. The maximum atomic E-state index is 12.3. The van der Waals surface area contributed by atoms with Gasteiger partial charge in [0.05, 0.1) is 34.0 Å². The molecule has 0 saturated heterocycles. The van der Waals surface area contributed by atoms with Gasteiger partial charge in [-0.05, 0) is 41.8 Å². The van der Waals surface area contributed by atoms with Crippen molar-refractivity contribution >= 4 is 68.3 Å². The minimum atomic E-state index is -5.05. The first-order valence-electron chi connectivity index (χ1n) is 10.1. The first kappa shape index (κ1) is 30.3. The van der Waals surface area contributed by atoms with Crippen LogP contribution in [0.15, 0.2) is 62.5 Å².